The van der Waals surface area contributed by atoms with E-state index in [9.17, 15) is 0 Å². The van der Waals surface area contributed by atoms with Crippen LogP contribution in [0, 0.1) is 5.92 Å². The average Bonchev–Trinajstić information content (AvgIpc) is 2.85. The quantitative estimate of drug-likeness (QED) is 0.867. The van der Waals surface area contributed by atoms with Crippen molar-refractivity contribution in [3.8, 4) is 11.5 Å². The minimum absolute atomic E-state index is 0.349. The van der Waals surface area contributed by atoms with Gasteiger partial charge in [0, 0.05) is 18.3 Å². The molecule has 2 aliphatic rings. The highest BCUT2D eigenvalue weighted by atomic mass is 16.7. The van der Waals surface area contributed by atoms with Crippen LogP contribution in [-0.4, -0.2) is 13.3 Å². The fourth-order valence-electron chi connectivity index (χ4n) is 2.66. The van der Waals surface area contributed by atoms with Crippen molar-refractivity contribution in [3.63, 3.8) is 0 Å². The number of hydrogen-bond acceptors (Lipinski definition) is 3. The van der Waals surface area contributed by atoms with Gasteiger partial charge in [-0.1, -0.05) is 19.3 Å². The van der Waals surface area contributed by atoms with Gasteiger partial charge in [0.15, 0.2) is 11.5 Å². The van der Waals surface area contributed by atoms with Gasteiger partial charge in [-0.05, 0) is 30.9 Å². The minimum Gasteiger partial charge on any atom is -0.454 e. The molecule has 1 aromatic carbocycles. The first-order valence-corrected chi connectivity index (χ1v) is 6.55. The largest absolute Gasteiger partial charge is 0.454 e. The van der Waals surface area contributed by atoms with Gasteiger partial charge in [0.2, 0.25) is 6.79 Å². The van der Waals surface area contributed by atoms with Gasteiger partial charge in [-0.2, -0.15) is 0 Å². The Morgan fingerprint density at radius 2 is 1.88 bits per heavy atom. The Bertz CT molecular complexity index is 386. The lowest BCUT2D eigenvalue weighted by atomic mass is 9.89. The standard InChI is InChI=1S/C14H19NO2/c1-2-4-11(5-3-1)9-15-12-6-7-13-14(8-12)17-10-16-13/h6-8,11,15H,1-5,9-10H2. The lowest BCUT2D eigenvalue weighted by molar-refractivity contribution is 0.174. The lowest BCUT2D eigenvalue weighted by Gasteiger charge is -2.22. The third-order valence-electron chi connectivity index (χ3n) is 3.69. The fourth-order valence-corrected chi connectivity index (χ4v) is 2.66. The van der Waals surface area contributed by atoms with Crippen LogP contribution in [0.25, 0.3) is 0 Å². The molecule has 1 fully saturated rings. The van der Waals surface area contributed by atoms with E-state index in [4.69, 9.17) is 9.47 Å². The molecule has 0 aromatic heterocycles. The highest BCUT2D eigenvalue weighted by molar-refractivity contribution is 5.55. The molecule has 1 aromatic rings. The molecule has 1 aliphatic carbocycles. The zero-order valence-electron chi connectivity index (χ0n) is 10.1. The third kappa shape index (κ3) is 2.48. The third-order valence-corrected chi connectivity index (χ3v) is 3.69. The van der Waals surface area contributed by atoms with Gasteiger partial charge in [-0.15, -0.1) is 0 Å². The molecule has 0 bridgehead atoms. The van der Waals surface area contributed by atoms with Crippen molar-refractivity contribution < 1.29 is 9.47 Å². The van der Waals surface area contributed by atoms with Crippen molar-refractivity contribution in [2.45, 2.75) is 32.1 Å². The van der Waals surface area contributed by atoms with Gasteiger partial charge in [0.1, 0.15) is 0 Å². The first-order chi connectivity index (χ1) is 8.42. The smallest absolute Gasteiger partial charge is 0.231 e. The number of nitrogens with one attached hydrogen (secondary N) is 1. The van der Waals surface area contributed by atoms with Crippen LogP contribution in [0.5, 0.6) is 11.5 Å². The first kappa shape index (κ1) is 10.8. The van der Waals surface area contributed by atoms with Gasteiger partial charge >= 0.3 is 0 Å². The molecule has 0 saturated heterocycles. The molecular weight excluding hydrogens is 214 g/mol. The van der Waals surface area contributed by atoms with Crippen molar-refractivity contribution in [2.75, 3.05) is 18.7 Å². The predicted octanol–water partition coefficient (Wildman–Crippen LogP) is 3.41. The van der Waals surface area contributed by atoms with E-state index in [1.165, 1.54) is 32.1 Å². The zero-order valence-corrected chi connectivity index (χ0v) is 10.1. The summed E-state index contributed by atoms with van der Waals surface area (Å²) in [6, 6.07) is 6.08. The van der Waals surface area contributed by atoms with Crippen LogP contribution >= 0.6 is 0 Å². The van der Waals surface area contributed by atoms with Crippen molar-refractivity contribution in [1.29, 1.82) is 0 Å². The van der Waals surface area contributed by atoms with E-state index < -0.39 is 0 Å². The molecule has 1 N–H and O–H groups in total. The van der Waals surface area contributed by atoms with Crippen molar-refractivity contribution in [3.05, 3.63) is 18.2 Å². The summed E-state index contributed by atoms with van der Waals surface area (Å²) in [4.78, 5) is 0. The summed E-state index contributed by atoms with van der Waals surface area (Å²) in [6.45, 7) is 1.43. The zero-order chi connectivity index (χ0) is 11.5. The monoisotopic (exact) mass is 233 g/mol. The highest BCUT2D eigenvalue weighted by Crippen LogP contribution is 2.34. The summed E-state index contributed by atoms with van der Waals surface area (Å²) in [7, 11) is 0. The summed E-state index contributed by atoms with van der Waals surface area (Å²) in [5.74, 6) is 2.56. The number of anilines is 1. The van der Waals surface area contributed by atoms with E-state index >= 15 is 0 Å². The number of rotatable bonds is 3. The summed E-state index contributed by atoms with van der Waals surface area (Å²) in [6.07, 6.45) is 6.95. The van der Waals surface area contributed by atoms with E-state index in [0.717, 1.165) is 29.6 Å². The Hall–Kier alpha value is -1.38. The number of hydrogen-bond donors (Lipinski definition) is 1. The maximum Gasteiger partial charge on any atom is 0.231 e. The Morgan fingerprint density at radius 1 is 1.06 bits per heavy atom. The van der Waals surface area contributed by atoms with Crippen LogP contribution in [0.15, 0.2) is 18.2 Å². The van der Waals surface area contributed by atoms with Crippen LogP contribution in [-0.2, 0) is 0 Å². The van der Waals surface area contributed by atoms with Crippen LogP contribution in [0.4, 0.5) is 5.69 Å². The van der Waals surface area contributed by atoms with E-state index in [-0.39, 0.29) is 0 Å². The molecule has 3 nitrogen and oxygen atoms in total. The number of fused-ring (bicyclic) bond motifs is 1. The Balaban J connectivity index is 1.57. The highest BCUT2D eigenvalue weighted by Gasteiger charge is 2.15. The molecule has 0 spiro atoms. The van der Waals surface area contributed by atoms with Crippen LogP contribution in [0.2, 0.25) is 0 Å². The van der Waals surface area contributed by atoms with E-state index in [2.05, 4.69) is 11.4 Å². The van der Waals surface area contributed by atoms with E-state index in [1.54, 1.807) is 0 Å². The Morgan fingerprint density at radius 3 is 2.76 bits per heavy atom. The number of ether oxygens (including phenoxy) is 2. The summed E-state index contributed by atoms with van der Waals surface area (Å²) in [5, 5.41) is 3.51. The van der Waals surface area contributed by atoms with Crippen LogP contribution in [0.3, 0.4) is 0 Å². The summed E-state index contributed by atoms with van der Waals surface area (Å²) >= 11 is 0. The predicted molar refractivity (Wildman–Crippen MR) is 67.6 cm³/mol. The SMILES string of the molecule is c1cc2c(cc1NCC1CCCCC1)OCO2. The molecule has 0 radical (unpaired) electrons. The summed E-state index contributed by atoms with van der Waals surface area (Å²) < 4.78 is 10.7. The molecule has 0 unspecified atom stereocenters. The molecule has 3 rings (SSSR count). The molecule has 1 aliphatic heterocycles. The normalized spacial score (nSPS) is 19.3. The molecule has 1 heterocycles. The lowest BCUT2D eigenvalue weighted by Crippen LogP contribution is -2.16. The molecular formula is C14H19NO2. The molecule has 1 saturated carbocycles. The Kier molecular flexibility index (Phi) is 3.08. The Labute approximate surface area is 102 Å². The van der Waals surface area contributed by atoms with Crippen molar-refractivity contribution in [1.82, 2.24) is 0 Å². The van der Waals surface area contributed by atoms with Crippen molar-refractivity contribution in [2.24, 2.45) is 5.92 Å². The van der Waals surface area contributed by atoms with Gasteiger partial charge in [0.25, 0.3) is 0 Å². The van der Waals surface area contributed by atoms with E-state index in [0.29, 0.717) is 6.79 Å². The molecule has 0 atom stereocenters. The van der Waals surface area contributed by atoms with Gasteiger partial charge < -0.3 is 14.8 Å². The van der Waals surface area contributed by atoms with Gasteiger partial charge in [-0.3, -0.25) is 0 Å². The number of benzene rings is 1. The first-order valence-electron chi connectivity index (χ1n) is 6.55. The van der Waals surface area contributed by atoms with Gasteiger partial charge in [0.05, 0.1) is 0 Å². The average molecular weight is 233 g/mol. The maximum absolute atomic E-state index is 5.37. The molecule has 3 heteroatoms. The molecule has 17 heavy (non-hydrogen) atoms. The second kappa shape index (κ2) is 4.86. The molecule has 0 amide bonds. The maximum atomic E-state index is 5.37. The fraction of sp³-hybridized carbons (Fsp3) is 0.571. The summed E-state index contributed by atoms with van der Waals surface area (Å²) in [5.41, 5.74) is 1.14. The van der Waals surface area contributed by atoms with Gasteiger partial charge in [-0.25, -0.2) is 0 Å². The van der Waals surface area contributed by atoms with Crippen molar-refractivity contribution >= 4 is 5.69 Å². The topological polar surface area (TPSA) is 30.5 Å². The second-order valence-corrected chi connectivity index (χ2v) is 4.95. The van der Waals surface area contributed by atoms with E-state index in [1.807, 2.05) is 12.1 Å². The molecule has 92 valence electrons. The minimum atomic E-state index is 0.349. The van der Waals surface area contributed by atoms with Crippen LogP contribution < -0.4 is 14.8 Å². The second-order valence-electron chi connectivity index (χ2n) is 4.95. The van der Waals surface area contributed by atoms with Crippen LogP contribution in [0.1, 0.15) is 32.1 Å².